The number of carboxylic acid groups (broad SMARTS) is 1. The van der Waals surface area contributed by atoms with E-state index in [0.29, 0.717) is 5.75 Å². The van der Waals surface area contributed by atoms with E-state index in [0.717, 1.165) is 12.1 Å². The number of ether oxygens (including phenoxy) is 1. The molecule has 7 heteroatoms. The maximum absolute atomic E-state index is 12.1. The van der Waals surface area contributed by atoms with E-state index in [-0.39, 0.29) is 4.90 Å². The summed E-state index contributed by atoms with van der Waals surface area (Å²) in [4.78, 5) is 10.7. The highest BCUT2D eigenvalue weighted by atomic mass is 32.2. The van der Waals surface area contributed by atoms with Crippen LogP contribution in [0.4, 0.5) is 0 Å². The third kappa shape index (κ3) is 2.45. The van der Waals surface area contributed by atoms with Crippen LogP contribution in [0.3, 0.4) is 0 Å². The van der Waals surface area contributed by atoms with Crippen LogP contribution in [-0.4, -0.2) is 26.6 Å². The smallest absolute Gasteiger partial charge is 0.371 e. The molecule has 1 heterocycles. The highest BCUT2D eigenvalue weighted by Gasteiger charge is 2.23. The van der Waals surface area contributed by atoms with Crippen molar-refractivity contribution in [3.05, 3.63) is 42.2 Å². The molecule has 0 aliphatic heterocycles. The van der Waals surface area contributed by atoms with E-state index in [2.05, 4.69) is 0 Å². The lowest BCUT2D eigenvalue weighted by molar-refractivity contribution is 0.0656. The van der Waals surface area contributed by atoms with Gasteiger partial charge >= 0.3 is 5.97 Å². The first-order chi connectivity index (χ1) is 8.95. The minimum Gasteiger partial charge on any atom is -0.497 e. The number of rotatable bonds is 4. The van der Waals surface area contributed by atoms with Gasteiger partial charge in [0, 0.05) is 0 Å². The van der Waals surface area contributed by atoms with E-state index in [9.17, 15) is 13.2 Å². The molecule has 100 valence electrons. The molecule has 0 spiro atoms. The predicted molar refractivity (Wildman–Crippen MR) is 64.1 cm³/mol. The van der Waals surface area contributed by atoms with Crippen LogP contribution < -0.4 is 4.74 Å². The second-order valence-electron chi connectivity index (χ2n) is 3.60. The molecule has 19 heavy (non-hydrogen) atoms. The zero-order valence-electron chi connectivity index (χ0n) is 9.86. The van der Waals surface area contributed by atoms with Crippen LogP contribution >= 0.6 is 0 Å². The number of hydrogen-bond acceptors (Lipinski definition) is 5. The second kappa shape index (κ2) is 4.77. The fourth-order valence-electron chi connectivity index (χ4n) is 1.45. The summed E-state index contributed by atoms with van der Waals surface area (Å²) in [6.45, 7) is 0. The summed E-state index contributed by atoms with van der Waals surface area (Å²) in [5, 5.41) is 8.29. The van der Waals surface area contributed by atoms with Gasteiger partial charge in [-0.15, -0.1) is 0 Å². The number of furan rings is 1. The number of benzene rings is 1. The van der Waals surface area contributed by atoms with Gasteiger partial charge in [-0.3, -0.25) is 0 Å². The van der Waals surface area contributed by atoms with Crippen LogP contribution in [0.1, 0.15) is 10.6 Å². The van der Waals surface area contributed by atoms with Gasteiger partial charge in [0.05, 0.1) is 12.0 Å². The summed E-state index contributed by atoms with van der Waals surface area (Å²) >= 11 is 0. The highest BCUT2D eigenvalue weighted by Crippen LogP contribution is 2.24. The summed E-state index contributed by atoms with van der Waals surface area (Å²) in [5.74, 6) is -1.23. The van der Waals surface area contributed by atoms with Crippen molar-refractivity contribution < 1.29 is 27.5 Å². The zero-order chi connectivity index (χ0) is 14.0. The van der Waals surface area contributed by atoms with Crippen LogP contribution in [0.15, 0.2) is 50.8 Å². The number of carboxylic acids is 1. The Kier molecular flexibility index (Phi) is 3.30. The highest BCUT2D eigenvalue weighted by molar-refractivity contribution is 7.91. The molecule has 0 aliphatic rings. The van der Waals surface area contributed by atoms with E-state index >= 15 is 0 Å². The summed E-state index contributed by atoms with van der Waals surface area (Å²) in [6.07, 6.45) is 0. The molecular weight excluding hydrogens is 272 g/mol. The summed E-state index contributed by atoms with van der Waals surface area (Å²) in [5.41, 5.74) is 0. The van der Waals surface area contributed by atoms with Crippen LogP contribution in [0, 0.1) is 0 Å². The van der Waals surface area contributed by atoms with E-state index in [1.807, 2.05) is 0 Å². The summed E-state index contributed by atoms with van der Waals surface area (Å²) in [6, 6.07) is 7.91. The zero-order valence-corrected chi connectivity index (χ0v) is 10.7. The summed E-state index contributed by atoms with van der Waals surface area (Å²) in [7, 11) is -2.39. The van der Waals surface area contributed by atoms with Crippen molar-refractivity contribution in [3.8, 4) is 5.75 Å². The van der Waals surface area contributed by atoms with Crippen molar-refractivity contribution in [1.29, 1.82) is 0 Å². The molecular formula is C12H10O6S. The average Bonchev–Trinajstić information content (AvgIpc) is 2.89. The molecule has 2 rings (SSSR count). The lowest BCUT2D eigenvalue weighted by atomic mass is 10.3. The number of hydrogen-bond donors (Lipinski definition) is 1. The average molecular weight is 282 g/mol. The van der Waals surface area contributed by atoms with Gasteiger partial charge in [-0.05, 0) is 36.4 Å². The molecule has 0 fully saturated rings. The van der Waals surface area contributed by atoms with Crippen molar-refractivity contribution in [2.45, 2.75) is 9.99 Å². The largest absolute Gasteiger partial charge is 0.497 e. The molecule has 1 aromatic carbocycles. The first kappa shape index (κ1) is 13.2. The first-order valence-corrected chi connectivity index (χ1v) is 6.66. The number of sulfone groups is 1. The molecule has 6 nitrogen and oxygen atoms in total. The topological polar surface area (TPSA) is 93.8 Å². The standard InChI is InChI=1S/C12H10O6S/c1-17-8-2-4-9(5-3-8)19(15,16)11-7-6-10(18-11)12(13)14/h2-7H,1H3,(H,13,14). The molecule has 0 saturated carbocycles. The Balaban J connectivity index is 2.42. The van der Waals surface area contributed by atoms with E-state index in [1.165, 1.54) is 31.4 Å². The van der Waals surface area contributed by atoms with Gasteiger partial charge in [-0.2, -0.15) is 0 Å². The second-order valence-corrected chi connectivity index (χ2v) is 5.48. The van der Waals surface area contributed by atoms with Crippen molar-refractivity contribution >= 4 is 15.8 Å². The Morgan fingerprint density at radius 1 is 1.16 bits per heavy atom. The molecule has 0 saturated heterocycles. The summed E-state index contributed by atoms with van der Waals surface area (Å²) < 4.78 is 34.0. The molecule has 1 N–H and O–H groups in total. The fraction of sp³-hybridized carbons (Fsp3) is 0.0833. The van der Waals surface area contributed by atoms with Crippen LogP contribution in [0.5, 0.6) is 5.75 Å². The van der Waals surface area contributed by atoms with Gasteiger partial charge in [-0.25, -0.2) is 13.2 Å². The van der Waals surface area contributed by atoms with Crippen molar-refractivity contribution in [3.63, 3.8) is 0 Å². The molecule has 0 aliphatic carbocycles. The quantitative estimate of drug-likeness (QED) is 0.919. The maximum atomic E-state index is 12.1. The lowest BCUT2D eigenvalue weighted by Gasteiger charge is -2.03. The fourth-order valence-corrected chi connectivity index (χ4v) is 2.62. The molecule has 0 amide bonds. The number of aromatic carboxylic acids is 1. The minimum atomic E-state index is -3.86. The van der Waals surface area contributed by atoms with E-state index < -0.39 is 26.7 Å². The molecule has 0 bridgehead atoms. The molecule has 1 aromatic heterocycles. The van der Waals surface area contributed by atoms with Gasteiger partial charge in [0.25, 0.3) is 0 Å². The minimum absolute atomic E-state index is 0.000381. The Bertz CT molecular complexity index is 696. The van der Waals surface area contributed by atoms with Gasteiger partial charge in [0.15, 0.2) is 0 Å². The Morgan fingerprint density at radius 2 is 1.79 bits per heavy atom. The predicted octanol–water partition coefficient (Wildman–Crippen LogP) is 1.82. The van der Waals surface area contributed by atoms with Crippen molar-refractivity contribution in [1.82, 2.24) is 0 Å². The van der Waals surface area contributed by atoms with E-state index in [1.54, 1.807) is 0 Å². The molecule has 2 aromatic rings. The maximum Gasteiger partial charge on any atom is 0.371 e. The third-order valence-corrected chi connectivity index (χ3v) is 4.07. The Hall–Kier alpha value is -2.28. The van der Waals surface area contributed by atoms with Gasteiger partial charge < -0.3 is 14.3 Å². The monoisotopic (exact) mass is 282 g/mol. The molecule has 0 unspecified atom stereocenters. The Morgan fingerprint density at radius 3 is 2.26 bits per heavy atom. The molecule has 0 radical (unpaired) electrons. The first-order valence-electron chi connectivity index (χ1n) is 5.17. The van der Waals surface area contributed by atoms with Crippen LogP contribution in [0.25, 0.3) is 0 Å². The van der Waals surface area contributed by atoms with Crippen LogP contribution in [0.2, 0.25) is 0 Å². The molecule has 0 atom stereocenters. The third-order valence-electron chi connectivity index (χ3n) is 2.43. The lowest BCUT2D eigenvalue weighted by Crippen LogP contribution is -2.01. The SMILES string of the molecule is COc1ccc(S(=O)(=O)c2ccc(C(=O)O)o2)cc1. The normalized spacial score (nSPS) is 11.2. The van der Waals surface area contributed by atoms with Gasteiger partial charge in [0.2, 0.25) is 20.7 Å². The Labute approximate surface area is 109 Å². The number of methoxy groups -OCH3 is 1. The van der Waals surface area contributed by atoms with Gasteiger partial charge in [-0.1, -0.05) is 0 Å². The van der Waals surface area contributed by atoms with Crippen molar-refractivity contribution in [2.24, 2.45) is 0 Å². The number of carbonyl (C=O) groups is 1. The van der Waals surface area contributed by atoms with Crippen LogP contribution in [-0.2, 0) is 9.84 Å². The van der Waals surface area contributed by atoms with E-state index in [4.69, 9.17) is 14.3 Å². The van der Waals surface area contributed by atoms with Gasteiger partial charge in [0.1, 0.15) is 5.75 Å². The van der Waals surface area contributed by atoms with Crippen molar-refractivity contribution in [2.75, 3.05) is 7.11 Å².